The van der Waals surface area contributed by atoms with Gasteiger partial charge in [-0.05, 0) is 30.2 Å². The Morgan fingerprint density at radius 1 is 1.43 bits per heavy atom. The lowest BCUT2D eigenvalue weighted by molar-refractivity contribution is 0.414. The third kappa shape index (κ3) is 3.35. The molecule has 74 valence electrons. The summed E-state index contributed by atoms with van der Waals surface area (Å²) >= 11 is 0. The summed E-state index contributed by atoms with van der Waals surface area (Å²) in [5.74, 6) is 0.933. The number of ether oxygens (including phenoxy) is 1. The van der Waals surface area contributed by atoms with E-state index in [4.69, 9.17) is 9.84 Å². The second-order valence-electron chi connectivity index (χ2n) is 2.95. The topological polar surface area (TPSA) is 29.5 Å². The van der Waals surface area contributed by atoms with Crippen molar-refractivity contribution in [2.75, 3.05) is 7.11 Å². The molecule has 0 heterocycles. The molecule has 0 spiro atoms. The molecule has 0 amide bonds. The molecule has 1 aromatic carbocycles. The molecular weight excluding hydrogens is 176 g/mol. The van der Waals surface area contributed by atoms with E-state index < -0.39 is 0 Å². The van der Waals surface area contributed by atoms with Gasteiger partial charge in [0.15, 0.2) is 0 Å². The summed E-state index contributed by atoms with van der Waals surface area (Å²) in [5.41, 5.74) is 1.17. The van der Waals surface area contributed by atoms with Crippen LogP contribution in [0.4, 0.5) is 0 Å². The minimum atomic E-state index is 0.0820. The highest BCUT2D eigenvalue weighted by molar-refractivity contribution is 5.28. The number of aliphatic hydroxyl groups excluding tert-OH is 1. The predicted octanol–water partition coefficient (Wildman–Crippen LogP) is 2.87. The summed E-state index contributed by atoms with van der Waals surface area (Å²) in [6.45, 7) is 3.36. The molecule has 0 aliphatic carbocycles. The Balaban J connectivity index is 2.56. The first-order valence-electron chi connectivity index (χ1n) is 4.39. The van der Waals surface area contributed by atoms with Crippen molar-refractivity contribution in [2.24, 2.45) is 0 Å². The Hall–Kier alpha value is -1.70. The van der Waals surface area contributed by atoms with Crippen LogP contribution < -0.4 is 4.74 Å². The lowest BCUT2D eigenvalue weighted by Crippen LogP contribution is -1.84. The Morgan fingerprint density at radius 2 is 2.07 bits per heavy atom. The molecule has 0 bridgehead atoms. The number of methoxy groups -OCH3 is 1. The van der Waals surface area contributed by atoms with Crippen LogP contribution in [0.3, 0.4) is 0 Å². The minimum Gasteiger partial charge on any atom is -0.509 e. The maximum absolute atomic E-state index is 8.81. The molecular formula is C12H14O2. The zero-order chi connectivity index (χ0) is 10.4. The van der Waals surface area contributed by atoms with Crippen LogP contribution in [0.2, 0.25) is 0 Å². The van der Waals surface area contributed by atoms with Gasteiger partial charge in [0.05, 0.1) is 7.11 Å². The van der Waals surface area contributed by atoms with E-state index in [1.54, 1.807) is 13.2 Å². The van der Waals surface area contributed by atoms with Gasteiger partial charge < -0.3 is 9.84 Å². The molecule has 0 aromatic heterocycles. The van der Waals surface area contributed by atoms with E-state index in [0.29, 0.717) is 0 Å². The zero-order valence-electron chi connectivity index (χ0n) is 8.23. The van der Waals surface area contributed by atoms with Gasteiger partial charge in [0, 0.05) is 0 Å². The number of aliphatic hydroxyl groups is 1. The second kappa shape index (κ2) is 5.12. The standard InChI is InChI=1S/C12H14O2/c1-10(13)4-3-5-11-6-8-12(14-2)9-7-11/h3-4,6-9,13H,1,5H2,2H3. The Morgan fingerprint density at radius 3 is 2.57 bits per heavy atom. The molecule has 2 nitrogen and oxygen atoms in total. The molecule has 0 aliphatic rings. The van der Waals surface area contributed by atoms with Gasteiger partial charge in [-0.25, -0.2) is 0 Å². The van der Waals surface area contributed by atoms with Gasteiger partial charge in [-0.15, -0.1) is 0 Å². The average molecular weight is 190 g/mol. The van der Waals surface area contributed by atoms with Gasteiger partial charge >= 0.3 is 0 Å². The molecule has 1 aromatic rings. The monoisotopic (exact) mass is 190 g/mol. The maximum Gasteiger partial charge on any atom is 0.118 e. The Labute approximate surface area is 84.1 Å². The van der Waals surface area contributed by atoms with Gasteiger partial charge in [0.1, 0.15) is 11.5 Å². The van der Waals surface area contributed by atoms with Gasteiger partial charge in [0.25, 0.3) is 0 Å². The molecule has 14 heavy (non-hydrogen) atoms. The van der Waals surface area contributed by atoms with E-state index in [2.05, 4.69) is 6.58 Å². The normalized spacial score (nSPS) is 10.4. The SMILES string of the molecule is C=C(O)C=CCc1ccc(OC)cc1. The van der Waals surface area contributed by atoms with Crippen molar-refractivity contribution in [1.29, 1.82) is 0 Å². The quantitative estimate of drug-likeness (QED) is 0.584. The van der Waals surface area contributed by atoms with Crippen LogP contribution >= 0.6 is 0 Å². The summed E-state index contributed by atoms with van der Waals surface area (Å²) in [6, 6.07) is 7.81. The summed E-state index contributed by atoms with van der Waals surface area (Å²) < 4.78 is 5.04. The van der Waals surface area contributed by atoms with Crippen molar-refractivity contribution < 1.29 is 9.84 Å². The average Bonchev–Trinajstić information content (AvgIpc) is 2.18. The van der Waals surface area contributed by atoms with E-state index in [0.717, 1.165) is 12.2 Å². The first kappa shape index (κ1) is 10.4. The molecule has 1 rings (SSSR count). The van der Waals surface area contributed by atoms with E-state index in [9.17, 15) is 0 Å². The zero-order valence-corrected chi connectivity index (χ0v) is 8.23. The Kier molecular flexibility index (Phi) is 3.80. The van der Waals surface area contributed by atoms with Gasteiger partial charge in [-0.2, -0.15) is 0 Å². The highest BCUT2D eigenvalue weighted by atomic mass is 16.5. The van der Waals surface area contributed by atoms with Gasteiger partial charge in [-0.1, -0.05) is 24.8 Å². The maximum atomic E-state index is 8.81. The van der Waals surface area contributed by atoms with E-state index in [1.165, 1.54) is 5.56 Å². The smallest absolute Gasteiger partial charge is 0.118 e. The number of allylic oxidation sites excluding steroid dienone is 2. The third-order valence-corrected chi connectivity index (χ3v) is 1.82. The number of rotatable bonds is 4. The summed E-state index contributed by atoms with van der Waals surface area (Å²) in [6.07, 6.45) is 4.23. The van der Waals surface area contributed by atoms with Crippen LogP contribution in [0.5, 0.6) is 5.75 Å². The second-order valence-corrected chi connectivity index (χ2v) is 2.95. The van der Waals surface area contributed by atoms with E-state index >= 15 is 0 Å². The number of benzene rings is 1. The summed E-state index contributed by atoms with van der Waals surface area (Å²) in [4.78, 5) is 0. The highest BCUT2D eigenvalue weighted by Crippen LogP contribution is 2.11. The first-order valence-corrected chi connectivity index (χ1v) is 4.39. The third-order valence-electron chi connectivity index (χ3n) is 1.82. The molecule has 0 radical (unpaired) electrons. The summed E-state index contributed by atoms with van der Waals surface area (Å²) in [5, 5.41) is 8.81. The highest BCUT2D eigenvalue weighted by Gasteiger charge is 1.91. The molecule has 0 saturated carbocycles. The van der Waals surface area contributed by atoms with Crippen LogP contribution in [0, 0.1) is 0 Å². The van der Waals surface area contributed by atoms with Crippen molar-refractivity contribution in [3.05, 3.63) is 54.3 Å². The summed E-state index contributed by atoms with van der Waals surface area (Å²) in [7, 11) is 1.64. The Bertz CT molecular complexity index is 323. The first-order chi connectivity index (χ1) is 6.72. The van der Waals surface area contributed by atoms with Crippen LogP contribution in [0.1, 0.15) is 5.56 Å². The van der Waals surface area contributed by atoms with Crippen molar-refractivity contribution >= 4 is 0 Å². The van der Waals surface area contributed by atoms with Crippen LogP contribution in [-0.4, -0.2) is 12.2 Å². The van der Waals surface area contributed by atoms with Gasteiger partial charge in [0.2, 0.25) is 0 Å². The van der Waals surface area contributed by atoms with Crippen LogP contribution in [0.25, 0.3) is 0 Å². The molecule has 0 aliphatic heterocycles. The predicted molar refractivity (Wildman–Crippen MR) is 57.6 cm³/mol. The van der Waals surface area contributed by atoms with Crippen molar-refractivity contribution in [2.45, 2.75) is 6.42 Å². The molecule has 2 heteroatoms. The fraction of sp³-hybridized carbons (Fsp3) is 0.167. The van der Waals surface area contributed by atoms with Crippen LogP contribution in [-0.2, 0) is 6.42 Å². The van der Waals surface area contributed by atoms with Crippen molar-refractivity contribution in [1.82, 2.24) is 0 Å². The molecule has 0 atom stereocenters. The van der Waals surface area contributed by atoms with Gasteiger partial charge in [-0.3, -0.25) is 0 Å². The fourth-order valence-corrected chi connectivity index (χ4v) is 1.09. The number of hydrogen-bond donors (Lipinski definition) is 1. The lowest BCUT2D eigenvalue weighted by atomic mass is 10.1. The van der Waals surface area contributed by atoms with Crippen LogP contribution in [0.15, 0.2) is 48.8 Å². The van der Waals surface area contributed by atoms with E-state index in [1.807, 2.05) is 30.3 Å². The van der Waals surface area contributed by atoms with E-state index in [-0.39, 0.29) is 5.76 Å². The minimum absolute atomic E-state index is 0.0820. The van der Waals surface area contributed by atoms with Crippen molar-refractivity contribution in [3.63, 3.8) is 0 Å². The molecule has 0 fully saturated rings. The molecule has 0 saturated heterocycles. The molecule has 1 N–H and O–H groups in total. The largest absolute Gasteiger partial charge is 0.509 e. The lowest BCUT2D eigenvalue weighted by Gasteiger charge is -2.00. The molecule has 0 unspecified atom stereocenters. The fourth-order valence-electron chi connectivity index (χ4n) is 1.09. The van der Waals surface area contributed by atoms with Crippen molar-refractivity contribution in [3.8, 4) is 5.75 Å². The number of hydrogen-bond acceptors (Lipinski definition) is 2.